The van der Waals surface area contributed by atoms with Crippen LogP contribution in [-0.4, -0.2) is 53.1 Å². The molecule has 0 saturated heterocycles. The largest absolute Gasteiger partial charge is 0.465 e. The van der Waals surface area contributed by atoms with Gasteiger partial charge < -0.3 is 24.8 Å². The fourth-order valence-corrected chi connectivity index (χ4v) is 2.14. The minimum atomic E-state index is -0.387. The van der Waals surface area contributed by atoms with Crippen LogP contribution in [0.25, 0.3) is 0 Å². The third-order valence-corrected chi connectivity index (χ3v) is 3.24. The van der Waals surface area contributed by atoms with Gasteiger partial charge in [0, 0.05) is 26.8 Å². The average molecular weight is 296 g/mol. The maximum atomic E-state index is 11.7. The molecule has 0 bridgehead atoms. The summed E-state index contributed by atoms with van der Waals surface area (Å²) in [4.78, 5) is 13.7. The van der Waals surface area contributed by atoms with Gasteiger partial charge in [0.25, 0.3) is 0 Å². The van der Waals surface area contributed by atoms with Gasteiger partial charge in [-0.05, 0) is 25.1 Å². The van der Waals surface area contributed by atoms with Crippen molar-refractivity contribution in [2.24, 2.45) is 0 Å². The molecule has 1 unspecified atom stereocenters. The summed E-state index contributed by atoms with van der Waals surface area (Å²) in [5, 5.41) is 0. The van der Waals surface area contributed by atoms with E-state index in [0.717, 1.165) is 5.69 Å². The number of carbonyl (C=O) groups excluding carboxylic acids is 1. The highest BCUT2D eigenvalue weighted by Gasteiger charge is 2.18. The van der Waals surface area contributed by atoms with Gasteiger partial charge in [-0.1, -0.05) is 0 Å². The summed E-state index contributed by atoms with van der Waals surface area (Å²) < 4.78 is 15.1. The highest BCUT2D eigenvalue weighted by molar-refractivity contribution is 5.92. The zero-order chi connectivity index (χ0) is 15.8. The number of nitrogen functional groups attached to an aromatic ring is 1. The van der Waals surface area contributed by atoms with E-state index in [9.17, 15) is 4.79 Å². The number of methoxy groups -OCH3 is 3. The van der Waals surface area contributed by atoms with Crippen LogP contribution in [0, 0.1) is 0 Å². The lowest BCUT2D eigenvalue weighted by atomic mass is 10.1. The number of nitrogens with two attached hydrogens (primary N) is 1. The molecule has 0 aliphatic carbocycles. The quantitative estimate of drug-likeness (QED) is 0.579. The number of hydrogen-bond acceptors (Lipinski definition) is 6. The Morgan fingerprint density at radius 1 is 1.29 bits per heavy atom. The van der Waals surface area contributed by atoms with Crippen LogP contribution < -0.4 is 10.6 Å². The molecule has 6 nitrogen and oxygen atoms in total. The SMILES string of the molecule is COCCN(c1cc(C(=O)OC)ccc1N)C(C)COC. The number of anilines is 2. The lowest BCUT2D eigenvalue weighted by Gasteiger charge is -2.32. The van der Waals surface area contributed by atoms with Crippen molar-refractivity contribution in [3.05, 3.63) is 23.8 Å². The van der Waals surface area contributed by atoms with Gasteiger partial charge >= 0.3 is 5.97 Å². The molecule has 1 aromatic rings. The molecular weight excluding hydrogens is 272 g/mol. The Kier molecular flexibility index (Phi) is 6.98. The second kappa shape index (κ2) is 8.49. The molecule has 2 N–H and O–H groups in total. The first-order chi connectivity index (χ1) is 10.0. The van der Waals surface area contributed by atoms with Crippen LogP contribution in [0.15, 0.2) is 18.2 Å². The van der Waals surface area contributed by atoms with Crippen LogP contribution in [0.4, 0.5) is 11.4 Å². The molecule has 21 heavy (non-hydrogen) atoms. The van der Waals surface area contributed by atoms with Gasteiger partial charge in [-0.15, -0.1) is 0 Å². The van der Waals surface area contributed by atoms with Crippen LogP contribution >= 0.6 is 0 Å². The highest BCUT2D eigenvalue weighted by atomic mass is 16.5. The summed E-state index contributed by atoms with van der Waals surface area (Å²) in [6.07, 6.45) is 0. The van der Waals surface area contributed by atoms with Crippen molar-refractivity contribution < 1.29 is 19.0 Å². The molecule has 1 rings (SSSR count). The van der Waals surface area contributed by atoms with E-state index in [1.165, 1.54) is 7.11 Å². The summed E-state index contributed by atoms with van der Waals surface area (Å²) in [6, 6.07) is 5.20. The summed E-state index contributed by atoms with van der Waals surface area (Å²) in [5.74, 6) is -0.387. The monoisotopic (exact) mass is 296 g/mol. The maximum Gasteiger partial charge on any atom is 0.337 e. The Labute approximate surface area is 125 Å². The van der Waals surface area contributed by atoms with E-state index in [1.807, 2.05) is 6.92 Å². The van der Waals surface area contributed by atoms with Gasteiger partial charge in [0.1, 0.15) is 0 Å². The molecule has 1 atom stereocenters. The molecule has 0 heterocycles. The van der Waals surface area contributed by atoms with Gasteiger partial charge in [0.05, 0.1) is 37.3 Å². The van der Waals surface area contributed by atoms with Gasteiger partial charge in [0.15, 0.2) is 0 Å². The van der Waals surface area contributed by atoms with E-state index in [4.69, 9.17) is 19.9 Å². The number of rotatable bonds is 8. The van der Waals surface area contributed by atoms with Gasteiger partial charge in [-0.2, -0.15) is 0 Å². The van der Waals surface area contributed by atoms with Crippen LogP contribution in [0.5, 0.6) is 0 Å². The van der Waals surface area contributed by atoms with Crippen LogP contribution in [0.1, 0.15) is 17.3 Å². The van der Waals surface area contributed by atoms with Crippen LogP contribution in [0.3, 0.4) is 0 Å². The molecule has 0 amide bonds. The number of nitrogens with zero attached hydrogens (tertiary/aromatic N) is 1. The topological polar surface area (TPSA) is 74.0 Å². The maximum absolute atomic E-state index is 11.7. The Morgan fingerprint density at radius 2 is 2.00 bits per heavy atom. The van der Waals surface area contributed by atoms with Crippen molar-refractivity contribution in [2.75, 3.05) is 51.7 Å². The summed E-state index contributed by atoms with van der Waals surface area (Å²) >= 11 is 0. The zero-order valence-electron chi connectivity index (χ0n) is 13.1. The second-order valence-corrected chi connectivity index (χ2v) is 4.76. The molecule has 0 saturated carbocycles. The minimum absolute atomic E-state index is 0.0975. The summed E-state index contributed by atoms with van der Waals surface area (Å²) in [5.41, 5.74) is 7.90. The van der Waals surface area contributed by atoms with Crippen molar-refractivity contribution in [3.63, 3.8) is 0 Å². The molecule has 118 valence electrons. The predicted molar refractivity (Wildman–Crippen MR) is 82.8 cm³/mol. The summed E-state index contributed by atoms with van der Waals surface area (Å²) in [7, 11) is 4.65. The van der Waals surface area contributed by atoms with Crippen LogP contribution in [0.2, 0.25) is 0 Å². The average Bonchev–Trinajstić information content (AvgIpc) is 2.48. The zero-order valence-corrected chi connectivity index (χ0v) is 13.1. The first-order valence-corrected chi connectivity index (χ1v) is 6.77. The number of benzene rings is 1. The van der Waals surface area contributed by atoms with E-state index in [-0.39, 0.29) is 12.0 Å². The van der Waals surface area contributed by atoms with E-state index < -0.39 is 0 Å². The van der Waals surface area contributed by atoms with Crippen molar-refractivity contribution in [1.29, 1.82) is 0 Å². The molecule has 0 aliphatic heterocycles. The van der Waals surface area contributed by atoms with E-state index in [1.54, 1.807) is 32.4 Å². The van der Waals surface area contributed by atoms with Gasteiger partial charge in [0.2, 0.25) is 0 Å². The molecular formula is C15H24N2O4. The molecule has 0 aromatic heterocycles. The highest BCUT2D eigenvalue weighted by Crippen LogP contribution is 2.27. The molecule has 6 heteroatoms. The number of carbonyl (C=O) groups is 1. The Hall–Kier alpha value is -1.79. The smallest absolute Gasteiger partial charge is 0.337 e. The van der Waals surface area contributed by atoms with Crippen LogP contribution in [-0.2, 0) is 14.2 Å². The Morgan fingerprint density at radius 3 is 2.57 bits per heavy atom. The third-order valence-electron chi connectivity index (χ3n) is 3.24. The fourth-order valence-electron chi connectivity index (χ4n) is 2.14. The molecule has 0 spiro atoms. The summed E-state index contributed by atoms with van der Waals surface area (Å²) in [6.45, 7) is 3.78. The Balaban J connectivity index is 3.12. The Bertz CT molecular complexity index is 465. The first kappa shape index (κ1) is 17.3. The van der Waals surface area contributed by atoms with Crippen molar-refractivity contribution >= 4 is 17.3 Å². The molecule has 1 aromatic carbocycles. The van der Waals surface area contributed by atoms with E-state index in [2.05, 4.69) is 4.90 Å². The number of esters is 1. The standard InChI is InChI=1S/C15H24N2O4/c1-11(10-20-3)17(7-8-19-2)14-9-12(15(18)21-4)5-6-13(14)16/h5-6,9,11H,7-8,10,16H2,1-4H3. The number of hydrogen-bond donors (Lipinski definition) is 1. The third kappa shape index (κ3) is 4.61. The second-order valence-electron chi connectivity index (χ2n) is 4.76. The molecule has 0 fully saturated rings. The van der Waals surface area contributed by atoms with Crippen molar-refractivity contribution in [3.8, 4) is 0 Å². The fraction of sp³-hybridized carbons (Fsp3) is 0.533. The van der Waals surface area contributed by atoms with Gasteiger partial charge in [-0.25, -0.2) is 4.79 Å². The lowest BCUT2D eigenvalue weighted by molar-refractivity contribution is 0.0601. The lowest BCUT2D eigenvalue weighted by Crippen LogP contribution is -2.39. The van der Waals surface area contributed by atoms with Crippen molar-refractivity contribution in [1.82, 2.24) is 0 Å². The molecule has 0 radical (unpaired) electrons. The van der Waals surface area contributed by atoms with E-state index >= 15 is 0 Å². The first-order valence-electron chi connectivity index (χ1n) is 6.77. The normalized spacial score (nSPS) is 12.0. The van der Waals surface area contributed by atoms with Crippen molar-refractivity contribution in [2.45, 2.75) is 13.0 Å². The van der Waals surface area contributed by atoms with Gasteiger partial charge in [-0.3, -0.25) is 0 Å². The molecule has 0 aliphatic rings. The predicted octanol–water partition coefficient (Wildman–Crippen LogP) is 1.54. The minimum Gasteiger partial charge on any atom is -0.465 e. The van der Waals surface area contributed by atoms with E-state index in [0.29, 0.717) is 31.0 Å². The number of ether oxygens (including phenoxy) is 3.